The molecule has 0 fully saturated rings. The lowest BCUT2D eigenvalue weighted by Crippen LogP contribution is -2.21. The Bertz CT molecular complexity index is 818. The monoisotopic (exact) mass is 307 g/mol. The van der Waals surface area contributed by atoms with Gasteiger partial charge in [0.2, 0.25) is 0 Å². The van der Waals surface area contributed by atoms with Crippen molar-refractivity contribution in [2.24, 2.45) is 0 Å². The molecule has 0 unspecified atom stereocenters. The Balaban J connectivity index is 2.09. The van der Waals surface area contributed by atoms with E-state index in [1.165, 1.54) is 6.07 Å². The summed E-state index contributed by atoms with van der Waals surface area (Å²) in [7, 11) is 0. The first kappa shape index (κ1) is 13.8. The molecule has 0 saturated heterocycles. The summed E-state index contributed by atoms with van der Waals surface area (Å²) in [6.45, 7) is 0. The Morgan fingerprint density at radius 2 is 1.90 bits per heavy atom. The summed E-state index contributed by atoms with van der Waals surface area (Å²) in [6.07, 6.45) is -1.53. The summed E-state index contributed by atoms with van der Waals surface area (Å²) in [6, 6.07) is 10.1. The van der Waals surface area contributed by atoms with E-state index in [1.54, 1.807) is 24.5 Å². The number of hydrogen-bond acceptors (Lipinski definition) is 3. The summed E-state index contributed by atoms with van der Waals surface area (Å²) in [4.78, 5) is 15.6. The fraction of sp³-hybridized carbons (Fsp3) is 0.0667. The maximum absolute atomic E-state index is 12.4. The molecule has 1 aromatic carbocycles. The van der Waals surface area contributed by atoms with E-state index in [2.05, 4.69) is 4.98 Å². The Labute approximate surface area is 121 Å². The minimum atomic E-state index is -4.84. The number of carbonyl (C=O) groups excluding carboxylic acids is 1. The third-order valence-corrected chi connectivity index (χ3v) is 4.15. The number of rotatable bonds is 2. The molecule has 21 heavy (non-hydrogen) atoms. The van der Waals surface area contributed by atoms with Crippen LogP contribution in [-0.2, 0) is 0 Å². The first-order valence-electron chi connectivity index (χ1n) is 6.01. The SMILES string of the molecule is O=C(c1ccc(-c2cccc3cnccc23)s1)C(F)(F)F. The van der Waals surface area contributed by atoms with E-state index < -0.39 is 12.0 Å². The van der Waals surface area contributed by atoms with Crippen molar-refractivity contribution in [3.8, 4) is 10.4 Å². The van der Waals surface area contributed by atoms with E-state index in [4.69, 9.17) is 0 Å². The zero-order chi connectivity index (χ0) is 15.0. The molecular formula is C15H8F3NOS. The molecule has 3 rings (SSSR count). The van der Waals surface area contributed by atoms with Gasteiger partial charge in [-0.25, -0.2) is 0 Å². The van der Waals surface area contributed by atoms with Crippen LogP contribution in [0.4, 0.5) is 13.2 Å². The Morgan fingerprint density at radius 3 is 2.67 bits per heavy atom. The topological polar surface area (TPSA) is 30.0 Å². The number of pyridine rings is 1. The second-order valence-electron chi connectivity index (χ2n) is 4.39. The molecular weight excluding hydrogens is 299 g/mol. The van der Waals surface area contributed by atoms with E-state index in [-0.39, 0.29) is 4.88 Å². The van der Waals surface area contributed by atoms with E-state index >= 15 is 0 Å². The van der Waals surface area contributed by atoms with Crippen LogP contribution in [0.25, 0.3) is 21.2 Å². The van der Waals surface area contributed by atoms with Gasteiger partial charge in [0.15, 0.2) is 0 Å². The van der Waals surface area contributed by atoms with Crippen LogP contribution in [0.3, 0.4) is 0 Å². The van der Waals surface area contributed by atoms with Crippen molar-refractivity contribution >= 4 is 27.9 Å². The highest BCUT2D eigenvalue weighted by Gasteiger charge is 2.40. The molecule has 0 aliphatic carbocycles. The summed E-state index contributed by atoms with van der Waals surface area (Å²) in [5, 5.41) is 1.78. The van der Waals surface area contributed by atoms with E-state index in [0.29, 0.717) is 4.88 Å². The minimum absolute atomic E-state index is 0.302. The van der Waals surface area contributed by atoms with E-state index in [0.717, 1.165) is 27.7 Å². The maximum Gasteiger partial charge on any atom is 0.455 e. The molecule has 0 bridgehead atoms. The van der Waals surface area contributed by atoms with Crippen molar-refractivity contribution in [1.29, 1.82) is 0 Å². The standard InChI is InChI=1S/C15H8F3NOS/c16-15(17,18)14(20)13-5-4-12(21-13)11-3-1-2-9-8-19-7-6-10(9)11/h1-8H. The van der Waals surface area contributed by atoms with Gasteiger partial charge < -0.3 is 0 Å². The predicted molar refractivity (Wildman–Crippen MR) is 75.4 cm³/mol. The fourth-order valence-corrected chi connectivity index (χ4v) is 3.09. The van der Waals surface area contributed by atoms with Gasteiger partial charge in [0.25, 0.3) is 5.78 Å². The number of benzene rings is 1. The van der Waals surface area contributed by atoms with Crippen molar-refractivity contribution in [2.75, 3.05) is 0 Å². The highest BCUT2D eigenvalue weighted by Crippen LogP contribution is 2.35. The first-order chi connectivity index (χ1) is 9.97. The molecule has 2 heterocycles. The molecule has 0 spiro atoms. The predicted octanol–water partition coefficient (Wildman–Crippen LogP) is 4.71. The van der Waals surface area contributed by atoms with E-state index in [1.807, 2.05) is 18.2 Å². The zero-order valence-corrected chi connectivity index (χ0v) is 11.3. The summed E-state index contributed by atoms with van der Waals surface area (Å²) in [5.41, 5.74) is 0.793. The van der Waals surface area contributed by atoms with Gasteiger partial charge in [-0.3, -0.25) is 9.78 Å². The average molecular weight is 307 g/mol. The van der Waals surface area contributed by atoms with Crippen LogP contribution < -0.4 is 0 Å². The molecule has 2 nitrogen and oxygen atoms in total. The highest BCUT2D eigenvalue weighted by atomic mass is 32.1. The molecule has 0 saturated carbocycles. The Kier molecular flexibility index (Phi) is 3.25. The quantitative estimate of drug-likeness (QED) is 0.642. The summed E-state index contributed by atoms with van der Waals surface area (Å²) >= 11 is 0.846. The smallest absolute Gasteiger partial charge is 0.283 e. The maximum atomic E-state index is 12.4. The number of halogens is 3. The van der Waals surface area contributed by atoms with Crippen molar-refractivity contribution in [3.63, 3.8) is 0 Å². The van der Waals surface area contributed by atoms with Crippen molar-refractivity contribution in [3.05, 3.63) is 53.7 Å². The fourth-order valence-electron chi connectivity index (χ4n) is 2.08. The van der Waals surface area contributed by atoms with Crippen LogP contribution in [0.1, 0.15) is 9.67 Å². The number of hydrogen-bond donors (Lipinski definition) is 0. The third-order valence-electron chi connectivity index (χ3n) is 3.03. The molecule has 2 aromatic heterocycles. The number of aromatic nitrogens is 1. The van der Waals surface area contributed by atoms with Crippen LogP contribution in [0.15, 0.2) is 48.8 Å². The number of fused-ring (bicyclic) bond motifs is 1. The minimum Gasteiger partial charge on any atom is -0.283 e. The van der Waals surface area contributed by atoms with Gasteiger partial charge in [0.05, 0.1) is 4.88 Å². The largest absolute Gasteiger partial charge is 0.455 e. The molecule has 0 N–H and O–H groups in total. The lowest BCUT2D eigenvalue weighted by molar-refractivity contribution is -0.0882. The van der Waals surface area contributed by atoms with Gasteiger partial charge >= 0.3 is 6.18 Å². The normalized spacial score (nSPS) is 11.8. The number of ketones is 1. The van der Waals surface area contributed by atoms with Gasteiger partial charge in [0, 0.05) is 22.7 Å². The average Bonchev–Trinajstić information content (AvgIpc) is 2.94. The van der Waals surface area contributed by atoms with Crippen LogP contribution in [0.5, 0.6) is 0 Å². The molecule has 0 radical (unpaired) electrons. The molecule has 0 amide bonds. The Hall–Kier alpha value is -2.21. The second-order valence-corrected chi connectivity index (χ2v) is 5.48. The number of nitrogens with zero attached hydrogens (tertiary/aromatic N) is 1. The van der Waals surface area contributed by atoms with Crippen LogP contribution in [0, 0.1) is 0 Å². The Morgan fingerprint density at radius 1 is 1.10 bits per heavy atom. The first-order valence-corrected chi connectivity index (χ1v) is 6.83. The molecule has 6 heteroatoms. The number of carbonyl (C=O) groups is 1. The van der Waals surface area contributed by atoms with Crippen LogP contribution in [0.2, 0.25) is 0 Å². The van der Waals surface area contributed by atoms with Crippen LogP contribution >= 0.6 is 11.3 Å². The zero-order valence-electron chi connectivity index (χ0n) is 10.5. The number of thiophene rings is 1. The van der Waals surface area contributed by atoms with Crippen LogP contribution in [-0.4, -0.2) is 16.9 Å². The number of alkyl halides is 3. The van der Waals surface area contributed by atoms with Crippen molar-refractivity contribution in [2.45, 2.75) is 6.18 Å². The molecule has 3 aromatic rings. The lowest BCUT2D eigenvalue weighted by Gasteiger charge is -2.04. The van der Waals surface area contributed by atoms with Crippen molar-refractivity contribution < 1.29 is 18.0 Å². The lowest BCUT2D eigenvalue weighted by atomic mass is 10.1. The van der Waals surface area contributed by atoms with Crippen molar-refractivity contribution in [1.82, 2.24) is 4.98 Å². The summed E-state index contributed by atoms with van der Waals surface area (Å²) in [5.74, 6) is -1.80. The molecule has 0 atom stereocenters. The third kappa shape index (κ3) is 2.54. The van der Waals surface area contributed by atoms with E-state index in [9.17, 15) is 18.0 Å². The van der Waals surface area contributed by atoms with Gasteiger partial charge in [-0.15, -0.1) is 11.3 Å². The number of Topliss-reactive ketones (excluding diaryl/α,β-unsaturated/α-hetero) is 1. The van der Waals surface area contributed by atoms with Gasteiger partial charge in [-0.2, -0.15) is 13.2 Å². The van der Waals surface area contributed by atoms with Gasteiger partial charge in [-0.05, 0) is 29.1 Å². The summed E-state index contributed by atoms with van der Waals surface area (Å²) < 4.78 is 37.3. The second kappa shape index (κ2) is 4.96. The molecule has 0 aliphatic rings. The van der Waals surface area contributed by atoms with Gasteiger partial charge in [-0.1, -0.05) is 18.2 Å². The molecule has 106 valence electrons. The highest BCUT2D eigenvalue weighted by molar-refractivity contribution is 7.17. The molecule has 0 aliphatic heterocycles. The van der Waals surface area contributed by atoms with Gasteiger partial charge in [0.1, 0.15) is 0 Å².